The normalized spacial score (nSPS) is 9.39. The van der Waals surface area contributed by atoms with E-state index in [1.165, 1.54) is 0 Å². The number of carbonyl (C=O) groups is 1. The number of nitrogens with zero attached hydrogens (tertiary/aromatic N) is 1. The number of benzene rings is 1. The Bertz CT molecular complexity index is 644. The third-order valence-electron chi connectivity index (χ3n) is 3.17. The van der Waals surface area contributed by atoms with Crippen LogP contribution in [0.15, 0.2) is 53.5 Å². The maximum Gasteiger partial charge on any atom is 0.404 e. The first kappa shape index (κ1) is 32.9. The molecule has 1 amide bonds. The van der Waals surface area contributed by atoms with Crippen molar-refractivity contribution in [3.05, 3.63) is 48.6 Å². The van der Waals surface area contributed by atoms with Gasteiger partial charge in [-0.2, -0.15) is 0 Å². The number of nitrogens with one attached hydrogen (secondary N) is 1. The number of hydrogen-bond acceptors (Lipinski definition) is 4. The van der Waals surface area contributed by atoms with Crippen LogP contribution in [0, 0.1) is 31.6 Å². The molecule has 1 rings (SSSR count). The Labute approximate surface area is 194 Å². The van der Waals surface area contributed by atoms with Gasteiger partial charge in [-0.15, -0.1) is 25.7 Å². The summed E-state index contributed by atoms with van der Waals surface area (Å²) >= 11 is 1.70. The van der Waals surface area contributed by atoms with Gasteiger partial charge < -0.3 is 15.2 Å². The van der Waals surface area contributed by atoms with E-state index in [4.69, 9.17) is 9.84 Å². The highest BCUT2D eigenvalue weighted by molar-refractivity contribution is 7.97. The zero-order valence-corrected chi connectivity index (χ0v) is 20.3. The standard InChI is InChI=1S/C15H24N2O3S.C6H10.2C2H2/c1-12(2)11-17(10-4-9-16-15(18)19)21-14-7-5-13(20-3)6-8-14;1-4-5-6(2)3;2*1-2/h5-8,12,16H,4,9-11H2,1-3H3,(H,18,19);4-5H,2H2,1,3H3;2*1-2H/b;5-4-;;. The lowest BCUT2D eigenvalue weighted by Crippen LogP contribution is -2.27. The second kappa shape index (κ2) is 23.5. The Hall–Kier alpha value is -2.80. The average molecular weight is 447 g/mol. The molecule has 5 nitrogen and oxygen atoms in total. The van der Waals surface area contributed by atoms with Gasteiger partial charge in [0.1, 0.15) is 5.75 Å². The van der Waals surface area contributed by atoms with Gasteiger partial charge in [-0.1, -0.05) is 38.2 Å². The van der Waals surface area contributed by atoms with Crippen LogP contribution in [0.4, 0.5) is 4.79 Å². The first-order chi connectivity index (χ1) is 14.8. The van der Waals surface area contributed by atoms with Gasteiger partial charge in [0, 0.05) is 24.5 Å². The summed E-state index contributed by atoms with van der Waals surface area (Å²) < 4.78 is 7.43. The van der Waals surface area contributed by atoms with Gasteiger partial charge in [-0.25, -0.2) is 9.10 Å². The molecule has 6 heteroatoms. The molecule has 0 aliphatic carbocycles. The number of carboxylic acid groups (broad SMARTS) is 1. The monoisotopic (exact) mass is 446 g/mol. The molecule has 0 aliphatic rings. The largest absolute Gasteiger partial charge is 0.497 e. The zero-order chi connectivity index (χ0) is 24.7. The van der Waals surface area contributed by atoms with Crippen molar-refractivity contribution in [1.29, 1.82) is 0 Å². The minimum Gasteiger partial charge on any atom is -0.497 e. The number of terminal acetylenes is 2. The lowest BCUT2D eigenvalue weighted by atomic mass is 10.2. The molecule has 0 atom stereocenters. The molecule has 1 aromatic carbocycles. The average Bonchev–Trinajstić information content (AvgIpc) is 2.74. The summed E-state index contributed by atoms with van der Waals surface area (Å²) in [5.41, 5.74) is 1.11. The molecule has 0 aliphatic heterocycles. The van der Waals surface area contributed by atoms with Gasteiger partial charge in [0.05, 0.1) is 7.11 Å². The lowest BCUT2D eigenvalue weighted by Gasteiger charge is -2.23. The third-order valence-corrected chi connectivity index (χ3v) is 4.25. The van der Waals surface area contributed by atoms with Crippen molar-refractivity contribution >= 4 is 18.0 Å². The molecule has 2 N–H and O–H groups in total. The van der Waals surface area contributed by atoms with Crippen LogP contribution in [0.3, 0.4) is 0 Å². The molecular formula is C25H38N2O3S. The van der Waals surface area contributed by atoms with Crippen molar-refractivity contribution in [1.82, 2.24) is 9.62 Å². The maximum atomic E-state index is 10.4. The van der Waals surface area contributed by atoms with Crippen molar-refractivity contribution in [3.8, 4) is 31.4 Å². The molecule has 0 fully saturated rings. The van der Waals surface area contributed by atoms with Gasteiger partial charge in [-0.05, 0) is 62.4 Å². The molecule has 0 bridgehead atoms. The van der Waals surface area contributed by atoms with Crippen LogP contribution in [-0.2, 0) is 0 Å². The van der Waals surface area contributed by atoms with Crippen molar-refractivity contribution in [2.45, 2.75) is 39.0 Å². The van der Waals surface area contributed by atoms with E-state index in [2.05, 4.69) is 55.7 Å². The minimum atomic E-state index is -0.965. The number of methoxy groups -OCH3 is 1. The Balaban J connectivity index is -0.000000663. The SMILES string of the molecule is C#C.C#C.C=C(C)/C=C\C.COc1ccc(SN(CCCNC(=O)O)CC(C)C)cc1. The Morgan fingerprint density at radius 2 is 1.81 bits per heavy atom. The first-order valence-electron chi connectivity index (χ1n) is 9.77. The van der Waals surface area contributed by atoms with Gasteiger partial charge in [0.2, 0.25) is 0 Å². The lowest BCUT2D eigenvalue weighted by molar-refractivity contribution is 0.194. The molecule has 0 radical (unpaired) electrons. The predicted octanol–water partition coefficient (Wildman–Crippen LogP) is 5.96. The van der Waals surface area contributed by atoms with E-state index in [0.29, 0.717) is 12.5 Å². The second-order valence-electron chi connectivity index (χ2n) is 6.48. The number of hydrogen-bond donors (Lipinski definition) is 2. The molecule has 0 aromatic heterocycles. The summed E-state index contributed by atoms with van der Waals surface area (Å²) in [4.78, 5) is 11.6. The van der Waals surface area contributed by atoms with Crippen LogP contribution in [0.5, 0.6) is 5.75 Å². The van der Waals surface area contributed by atoms with Gasteiger partial charge in [-0.3, -0.25) is 0 Å². The van der Waals surface area contributed by atoms with E-state index in [1.807, 2.05) is 50.3 Å². The fourth-order valence-electron chi connectivity index (χ4n) is 2.10. The molecule has 172 valence electrons. The fraction of sp³-hybridized carbons (Fsp3) is 0.400. The van der Waals surface area contributed by atoms with Gasteiger partial charge >= 0.3 is 6.09 Å². The molecule has 0 spiro atoms. The molecule has 0 saturated carbocycles. The van der Waals surface area contributed by atoms with E-state index in [0.717, 1.165) is 35.7 Å². The summed E-state index contributed by atoms with van der Waals surface area (Å²) in [7, 11) is 1.66. The van der Waals surface area contributed by atoms with Crippen LogP contribution < -0.4 is 10.1 Å². The number of amides is 1. The van der Waals surface area contributed by atoms with Gasteiger partial charge in [0.15, 0.2) is 0 Å². The minimum absolute atomic E-state index is 0.479. The molecule has 1 aromatic rings. The van der Waals surface area contributed by atoms with E-state index in [1.54, 1.807) is 19.1 Å². The van der Waals surface area contributed by atoms with Crippen molar-refractivity contribution in [2.75, 3.05) is 26.7 Å². The van der Waals surface area contributed by atoms with Crippen molar-refractivity contribution < 1.29 is 14.6 Å². The highest BCUT2D eigenvalue weighted by atomic mass is 32.2. The smallest absolute Gasteiger partial charge is 0.404 e. The topological polar surface area (TPSA) is 61.8 Å². The third kappa shape index (κ3) is 23.3. The molecule has 0 heterocycles. The number of allylic oxidation sites excluding steroid dienone is 3. The highest BCUT2D eigenvalue weighted by Crippen LogP contribution is 2.25. The number of ether oxygens (including phenoxy) is 1. The van der Waals surface area contributed by atoms with Crippen LogP contribution in [0.2, 0.25) is 0 Å². The van der Waals surface area contributed by atoms with Gasteiger partial charge in [0.25, 0.3) is 0 Å². The maximum absolute atomic E-state index is 10.4. The van der Waals surface area contributed by atoms with Crippen LogP contribution in [0.25, 0.3) is 0 Å². The van der Waals surface area contributed by atoms with E-state index < -0.39 is 6.09 Å². The fourth-order valence-corrected chi connectivity index (χ4v) is 3.25. The van der Waals surface area contributed by atoms with E-state index in [-0.39, 0.29) is 0 Å². The summed E-state index contributed by atoms with van der Waals surface area (Å²) in [5, 5.41) is 11.0. The molecule has 0 unspecified atom stereocenters. The zero-order valence-electron chi connectivity index (χ0n) is 19.5. The van der Waals surface area contributed by atoms with Crippen molar-refractivity contribution in [2.24, 2.45) is 5.92 Å². The summed E-state index contributed by atoms with van der Waals surface area (Å²) in [6.07, 6.45) is 19.8. The van der Waals surface area contributed by atoms with Crippen LogP contribution >= 0.6 is 11.9 Å². The van der Waals surface area contributed by atoms with Crippen LogP contribution in [-0.4, -0.2) is 42.2 Å². The quantitative estimate of drug-likeness (QED) is 0.201. The van der Waals surface area contributed by atoms with E-state index >= 15 is 0 Å². The Kier molecular flexibility index (Phi) is 24.9. The predicted molar refractivity (Wildman–Crippen MR) is 135 cm³/mol. The van der Waals surface area contributed by atoms with Crippen LogP contribution in [0.1, 0.15) is 34.1 Å². The summed E-state index contributed by atoms with van der Waals surface area (Å²) in [6.45, 7) is 14.3. The van der Waals surface area contributed by atoms with Crippen molar-refractivity contribution in [3.63, 3.8) is 0 Å². The first-order valence-corrected chi connectivity index (χ1v) is 10.5. The Morgan fingerprint density at radius 3 is 2.16 bits per heavy atom. The number of rotatable bonds is 10. The highest BCUT2D eigenvalue weighted by Gasteiger charge is 2.09. The summed E-state index contributed by atoms with van der Waals surface area (Å²) in [5.74, 6) is 1.41. The Morgan fingerprint density at radius 1 is 1.26 bits per heavy atom. The molecule has 0 saturated heterocycles. The summed E-state index contributed by atoms with van der Waals surface area (Å²) in [6, 6.07) is 7.96. The molecule has 31 heavy (non-hydrogen) atoms. The van der Waals surface area contributed by atoms with E-state index in [9.17, 15) is 4.79 Å². The molecular weight excluding hydrogens is 408 g/mol. The second-order valence-corrected chi connectivity index (χ2v) is 7.65.